The van der Waals surface area contributed by atoms with Crippen LogP contribution in [0.2, 0.25) is 0 Å². The van der Waals surface area contributed by atoms with Crippen LogP contribution in [0.15, 0.2) is 12.3 Å². The number of carbonyl (C=O) groups excluding carboxylic acids is 1. The molecule has 8 nitrogen and oxygen atoms in total. The van der Waals surface area contributed by atoms with Crippen LogP contribution in [0.4, 0.5) is 9.18 Å². The Kier molecular flexibility index (Phi) is 5.05. The Hall–Kier alpha value is -2.68. The molecule has 0 aromatic carbocycles. The molecule has 3 heterocycles. The number of hydrogen-bond acceptors (Lipinski definition) is 6. The summed E-state index contributed by atoms with van der Waals surface area (Å²) >= 11 is 0. The molecule has 0 bridgehead atoms. The van der Waals surface area contributed by atoms with Crippen molar-refractivity contribution < 1.29 is 23.8 Å². The fourth-order valence-electron chi connectivity index (χ4n) is 2.75. The second-order valence-electron chi connectivity index (χ2n) is 7.45. The van der Waals surface area contributed by atoms with Crippen LogP contribution in [0, 0.1) is 12.7 Å². The summed E-state index contributed by atoms with van der Waals surface area (Å²) in [4.78, 5) is 17.5. The smallest absolute Gasteiger partial charge is 0.410 e. The van der Waals surface area contributed by atoms with Crippen LogP contribution in [0.1, 0.15) is 32.2 Å². The van der Waals surface area contributed by atoms with Crippen LogP contribution in [0.5, 0.6) is 5.75 Å². The first-order valence-electron chi connectivity index (χ1n) is 8.63. The Morgan fingerprint density at radius 2 is 2.15 bits per heavy atom. The van der Waals surface area contributed by atoms with Crippen LogP contribution in [0.25, 0.3) is 11.3 Å². The number of aryl methyl sites for hydroxylation is 1. The number of nitrogens with one attached hydrogen (secondary N) is 1. The molecular formula is C18H23FN4O4. The molecule has 1 saturated heterocycles. The third kappa shape index (κ3) is 4.19. The number of aliphatic hydroxyl groups is 1. The minimum Gasteiger partial charge on any atom is -0.483 e. The number of aromatic nitrogens is 3. The van der Waals surface area contributed by atoms with Gasteiger partial charge in [0.05, 0.1) is 37.3 Å². The fraction of sp³-hybridized carbons (Fsp3) is 0.500. The number of pyridine rings is 1. The number of H-pyrrole nitrogens is 1. The molecule has 0 saturated carbocycles. The monoisotopic (exact) mass is 378 g/mol. The zero-order valence-electron chi connectivity index (χ0n) is 15.7. The van der Waals surface area contributed by atoms with Gasteiger partial charge in [0.2, 0.25) is 0 Å². The van der Waals surface area contributed by atoms with Gasteiger partial charge in [-0.05, 0) is 27.7 Å². The van der Waals surface area contributed by atoms with Crippen molar-refractivity contribution in [1.29, 1.82) is 0 Å². The Labute approximate surface area is 156 Å². The maximum absolute atomic E-state index is 14.1. The third-order valence-corrected chi connectivity index (χ3v) is 4.04. The molecule has 1 amide bonds. The highest BCUT2D eigenvalue weighted by Crippen LogP contribution is 2.30. The second-order valence-corrected chi connectivity index (χ2v) is 7.45. The van der Waals surface area contributed by atoms with Crippen LogP contribution in [-0.4, -0.2) is 56.1 Å². The van der Waals surface area contributed by atoms with E-state index in [0.717, 1.165) is 6.20 Å². The molecule has 1 aliphatic rings. The summed E-state index contributed by atoms with van der Waals surface area (Å²) in [5, 5.41) is 16.2. The maximum Gasteiger partial charge on any atom is 0.410 e. The molecule has 2 aromatic rings. The average Bonchev–Trinajstić information content (AvgIpc) is 2.91. The lowest BCUT2D eigenvalue weighted by Gasteiger charge is -2.39. The quantitative estimate of drug-likeness (QED) is 0.847. The summed E-state index contributed by atoms with van der Waals surface area (Å²) in [7, 11) is 0. The summed E-state index contributed by atoms with van der Waals surface area (Å²) in [5.74, 6) is -0.556. The highest BCUT2D eigenvalue weighted by Gasteiger charge is 2.35. The Morgan fingerprint density at radius 3 is 2.78 bits per heavy atom. The SMILES string of the molecule is Cc1[nH]nc(CO)c1-c1cc(OC2CN(C(=O)OC(C)(C)C)C2)c(F)cn1. The number of aliphatic hydroxyl groups excluding tert-OH is 1. The third-order valence-electron chi connectivity index (χ3n) is 4.04. The van der Waals surface area contributed by atoms with Crippen LogP contribution < -0.4 is 4.74 Å². The van der Waals surface area contributed by atoms with Crippen molar-refractivity contribution in [2.45, 2.75) is 46.0 Å². The molecule has 2 aromatic heterocycles. The molecule has 0 unspecified atom stereocenters. The second kappa shape index (κ2) is 7.15. The van der Waals surface area contributed by atoms with E-state index in [1.54, 1.807) is 27.7 Å². The molecule has 1 fully saturated rings. The number of rotatable bonds is 4. The molecule has 3 rings (SSSR count). The van der Waals surface area contributed by atoms with Crippen molar-refractivity contribution in [3.05, 3.63) is 29.5 Å². The van der Waals surface area contributed by atoms with Gasteiger partial charge in [-0.1, -0.05) is 0 Å². The van der Waals surface area contributed by atoms with E-state index in [2.05, 4.69) is 15.2 Å². The van der Waals surface area contributed by atoms with Gasteiger partial charge in [-0.3, -0.25) is 10.1 Å². The van der Waals surface area contributed by atoms with E-state index in [4.69, 9.17) is 9.47 Å². The minimum absolute atomic E-state index is 0.0401. The molecule has 0 atom stereocenters. The number of aromatic amines is 1. The summed E-state index contributed by atoms with van der Waals surface area (Å²) in [6.07, 6.45) is 0.327. The summed E-state index contributed by atoms with van der Waals surface area (Å²) < 4.78 is 25.1. The summed E-state index contributed by atoms with van der Waals surface area (Å²) in [5.41, 5.74) is 1.64. The van der Waals surface area contributed by atoms with E-state index in [1.807, 2.05) is 0 Å². The first-order chi connectivity index (χ1) is 12.7. The standard InChI is InChI=1S/C18H23FN4O4/c1-10-16(14(9-24)22-21-10)13-5-15(12(19)6-20-13)26-11-7-23(8-11)17(25)27-18(2,3)4/h5-6,11,24H,7-9H2,1-4H3,(H,21,22). The molecule has 9 heteroatoms. The van der Waals surface area contributed by atoms with Gasteiger partial charge in [0.15, 0.2) is 11.6 Å². The minimum atomic E-state index is -0.596. The number of amides is 1. The van der Waals surface area contributed by atoms with Gasteiger partial charge in [-0.25, -0.2) is 9.18 Å². The van der Waals surface area contributed by atoms with Gasteiger partial charge in [0.25, 0.3) is 0 Å². The highest BCUT2D eigenvalue weighted by atomic mass is 19.1. The Morgan fingerprint density at radius 1 is 1.44 bits per heavy atom. The molecule has 0 aliphatic carbocycles. The lowest BCUT2D eigenvalue weighted by Crippen LogP contribution is -2.57. The number of nitrogens with zero attached hydrogens (tertiary/aromatic N) is 3. The van der Waals surface area contributed by atoms with Gasteiger partial charge in [0, 0.05) is 17.3 Å². The van der Waals surface area contributed by atoms with Crippen molar-refractivity contribution in [3.8, 4) is 17.0 Å². The Bertz CT molecular complexity index is 840. The van der Waals surface area contributed by atoms with Crippen molar-refractivity contribution in [2.75, 3.05) is 13.1 Å². The topological polar surface area (TPSA) is 101 Å². The van der Waals surface area contributed by atoms with Gasteiger partial charge in [0.1, 0.15) is 11.7 Å². The van der Waals surface area contributed by atoms with E-state index in [1.165, 1.54) is 11.0 Å². The summed E-state index contributed by atoms with van der Waals surface area (Å²) in [6.45, 7) is 7.55. The maximum atomic E-state index is 14.1. The summed E-state index contributed by atoms with van der Waals surface area (Å²) in [6, 6.07) is 1.47. The molecule has 1 aliphatic heterocycles. The molecule has 0 radical (unpaired) electrons. The molecular weight excluding hydrogens is 355 g/mol. The van der Waals surface area contributed by atoms with Gasteiger partial charge >= 0.3 is 6.09 Å². The first kappa shape index (κ1) is 19.1. The fourth-order valence-corrected chi connectivity index (χ4v) is 2.75. The zero-order valence-corrected chi connectivity index (χ0v) is 15.7. The van der Waals surface area contributed by atoms with Crippen LogP contribution in [0.3, 0.4) is 0 Å². The highest BCUT2D eigenvalue weighted by molar-refractivity contribution is 5.69. The number of carbonyl (C=O) groups is 1. The number of ether oxygens (including phenoxy) is 2. The van der Waals surface area contributed by atoms with Gasteiger partial charge < -0.3 is 19.5 Å². The zero-order chi connectivity index (χ0) is 19.8. The van der Waals surface area contributed by atoms with E-state index in [0.29, 0.717) is 35.7 Å². The Balaban J connectivity index is 1.69. The molecule has 146 valence electrons. The molecule has 27 heavy (non-hydrogen) atoms. The van der Waals surface area contributed by atoms with Gasteiger partial charge in [-0.2, -0.15) is 5.10 Å². The van der Waals surface area contributed by atoms with E-state index >= 15 is 0 Å². The van der Waals surface area contributed by atoms with E-state index < -0.39 is 17.5 Å². The van der Waals surface area contributed by atoms with Crippen molar-refractivity contribution in [3.63, 3.8) is 0 Å². The van der Waals surface area contributed by atoms with Gasteiger partial charge in [-0.15, -0.1) is 0 Å². The number of halogens is 1. The van der Waals surface area contributed by atoms with Crippen molar-refractivity contribution in [1.82, 2.24) is 20.1 Å². The number of hydrogen-bond donors (Lipinski definition) is 2. The number of likely N-dealkylation sites (tertiary alicyclic amines) is 1. The normalized spacial score (nSPS) is 14.8. The predicted octanol–water partition coefficient (Wildman–Crippen LogP) is 2.41. The van der Waals surface area contributed by atoms with Crippen LogP contribution in [-0.2, 0) is 11.3 Å². The van der Waals surface area contributed by atoms with E-state index in [-0.39, 0.29) is 18.5 Å². The predicted molar refractivity (Wildman–Crippen MR) is 94.7 cm³/mol. The largest absolute Gasteiger partial charge is 0.483 e. The lowest BCUT2D eigenvalue weighted by atomic mass is 10.1. The van der Waals surface area contributed by atoms with Crippen molar-refractivity contribution >= 4 is 6.09 Å². The lowest BCUT2D eigenvalue weighted by molar-refractivity contribution is -0.0229. The van der Waals surface area contributed by atoms with Crippen LogP contribution >= 0.6 is 0 Å². The molecule has 0 spiro atoms. The average molecular weight is 378 g/mol. The van der Waals surface area contributed by atoms with Crippen molar-refractivity contribution in [2.24, 2.45) is 0 Å². The first-order valence-corrected chi connectivity index (χ1v) is 8.63. The molecule has 2 N–H and O–H groups in total. The van der Waals surface area contributed by atoms with E-state index in [9.17, 15) is 14.3 Å².